The normalized spacial score (nSPS) is 10.7. The van der Waals surface area contributed by atoms with Gasteiger partial charge < -0.3 is 13.8 Å². The molecule has 0 spiro atoms. The Hall–Kier alpha value is -1.88. The van der Waals surface area contributed by atoms with Gasteiger partial charge in [0, 0.05) is 24.9 Å². The van der Waals surface area contributed by atoms with Gasteiger partial charge in [-0.15, -0.1) is 0 Å². The maximum atomic E-state index is 11.8. The van der Waals surface area contributed by atoms with Gasteiger partial charge in [-0.2, -0.15) is 0 Å². The second-order valence-electron chi connectivity index (χ2n) is 3.84. The van der Waals surface area contributed by atoms with E-state index in [2.05, 4.69) is 5.16 Å². The van der Waals surface area contributed by atoms with E-state index in [1.54, 1.807) is 36.9 Å². The lowest BCUT2D eigenvalue weighted by atomic mass is 10.3. The Kier molecular flexibility index (Phi) is 3.39. The number of hydrogen-bond acceptors (Lipinski definition) is 4. The van der Waals surface area contributed by atoms with Gasteiger partial charge in [-0.1, -0.05) is 11.2 Å². The minimum atomic E-state index is -0.0104. The molecule has 0 N–H and O–H groups in total. The molecule has 0 unspecified atom stereocenters. The second-order valence-corrected chi connectivity index (χ2v) is 3.84. The lowest BCUT2D eigenvalue weighted by molar-refractivity contribution is 0.155. The van der Waals surface area contributed by atoms with Gasteiger partial charge in [0.1, 0.15) is 12.3 Å². The Morgan fingerprint density at radius 3 is 3.12 bits per heavy atom. The van der Waals surface area contributed by atoms with Crippen LogP contribution in [0.3, 0.4) is 0 Å². The van der Waals surface area contributed by atoms with E-state index in [-0.39, 0.29) is 5.56 Å². The van der Waals surface area contributed by atoms with Crippen LogP contribution in [0.1, 0.15) is 17.0 Å². The molecule has 0 radical (unpaired) electrons. The van der Waals surface area contributed by atoms with Crippen LogP contribution in [0, 0.1) is 6.92 Å². The van der Waals surface area contributed by atoms with E-state index in [1.807, 2.05) is 6.07 Å². The van der Waals surface area contributed by atoms with Gasteiger partial charge in [0.05, 0.1) is 6.54 Å². The molecule has 0 bridgehead atoms. The summed E-state index contributed by atoms with van der Waals surface area (Å²) < 4.78 is 11.6. The number of ether oxygens (including phenoxy) is 1. The molecule has 5 nitrogen and oxygen atoms in total. The number of aromatic nitrogens is 2. The fourth-order valence-electron chi connectivity index (χ4n) is 1.60. The third kappa shape index (κ3) is 2.62. The summed E-state index contributed by atoms with van der Waals surface area (Å²) >= 11 is 0. The van der Waals surface area contributed by atoms with Gasteiger partial charge in [-0.25, -0.2) is 0 Å². The van der Waals surface area contributed by atoms with Crippen molar-refractivity contribution in [2.45, 2.75) is 20.1 Å². The monoisotopic (exact) mass is 234 g/mol. The maximum Gasteiger partial charge on any atom is 0.253 e. The first-order chi connectivity index (χ1) is 8.20. The van der Waals surface area contributed by atoms with Crippen LogP contribution in [-0.2, 0) is 17.9 Å². The highest BCUT2D eigenvalue weighted by Crippen LogP contribution is 2.05. The van der Waals surface area contributed by atoms with Gasteiger partial charge >= 0.3 is 0 Å². The van der Waals surface area contributed by atoms with Crippen molar-refractivity contribution in [3.63, 3.8) is 0 Å². The van der Waals surface area contributed by atoms with Crippen molar-refractivity contribution < 1.29 is 9.26 Å². The molecule has 0 aliphatic rings. The van der Waals surface area contributed by atoms with E-state index >= 15 is 0 Å². The number of pyridine rings is 1. The molecule has 0 saturated carbocycles. The van der Waals surface area contributed by atoms with E-state index < -0.39 is 0 Å². The molecule has 5 heteroatoms. The summed E-state index contributed by atoms with van der Waals surface area (Å²) in [4.78, 5) is 11.8. The van der Waals surface area contributed by atoms with Gasteiger partial charge in [-0.3, -0.25) is 4.79 Å². The molecule has 0 aliphatic carbocycles. The molecule has 0 saturated heterocycles. The van der Waals surface area contributed by atoms with Gasteiger partial charge in [-0.05, 0) is 13.0 Å². The minimum Gasteiger partial charge on any atom is -0.377 e. The first-order valence-corrected chi connectivity index (χ1v) is 5.30. The van der Waals surface area contributed by atoms with Crippen molar-refractivity contribution in [3.8, 4) is 0 Å². The first-order valence-electron chi connectivity index (χ1n) is 5.30. The predicted octanol–water partition coefficient (Wildman–Crippen LogP) is 1.34. The maximum absolute atomic E-state index is 11.8. The Labute approximate surface area is 98.6 Å². The van der Waals surface area contributed by atoms with Crippen LogP contribution >= 0.6 is 0 Å². The van der Waals surface area contributed by atoms with Crippen molar-refractivity contribution in [3.05, 3.63) is 51.8 Å². The minimum absolute atomic E-state index is 0.0104. The Balaban J connectivity index is 2.19. The van der Waals surface area contributed by atoms with Gasteiger partial charge in [0.15, 0.2) is 5.76 Å². The van der Waals surface area contributed by atoms with Crippen molar-refractivity contribution in [1.82, 2.24) is 9.72 Å². The molecule has 2 aromatic rings. The summed E-state index contributed by atoms with van der Waals surface area (Å²) in [5.74, 6) is 0.656. The second kappa shape index (κ2) is 4.97. The van der Waals surface area contributed by atoms with E-state index in [9.17, 15) is 4.79 Å². The van der Waals surface area contributed by atoms with Gasteiger partial charge in [0.25, 0.3) is 5.56 Å². The van der Waals surface area contributed by atoms with Crippen molar-refractivity contribution in [1.29, 1.82) is 0 Å². The summed E-state index contributed by atoms with van der Waals surface area (Å²) in [6.07, 6.45) is 1.74. The van der Waals surface area contributed by atoms with Crippen LogP contribution in [0.15, 0.2) is 33.7 Å². The third-order valence-corrected chi connectivity index (χ3v) is 2.44. The zero-order valence-electron chi connectivity index (χ0n) is 9.84. The molecule has 0 amide bonds. The SMILES string of the molecule is COCc1cc(Cn2cccc(C)c2=O)no1. The molecule has 2 aromatic heterocycles. The molecule has 0 atom stereocenters. The van der Waals surface area contributed by atoms with Gasteiger partial charge in [0.2, 0.25) is 0 Å². The molecule has 0 aromatic carbocycles. The van der Waals surface area contributed by atoms with Crippen molar-refractivity contribution >= 4 is 0 Å². The fourth-order valence-corrected chi connectivity index (χ4v) is 1.60. The van der Waals surface area contributed by atoms with E-state index in [0.29, 0.717) is 30.2 Å². The van der Waals surface area contributed by atoms with Crippen molar-refractivity contribution in [2.75, 3.05) is 7.11 Å². The van der Waals surface area contributed by atoms with Crippen molar-refractivity contribution in [2.24, 2.45) is 0 Å². The lowest BCUT2D eigenvalue weighted by Crippen LogP contribution is -2.21. The molecule has 0 aliphatic heterocycles. The molecular formula is C12H14N2O3. The van der Waals surface area contributed by atoms with E-state index in [4.69, 9.17) is 9.26 Å². The summed E-state index contributed by atoms with van der Waals surface area (Å²) in [7, 11) is 1.59. The van der Waals surface area contributed by atoms with Crippen LogP contribution in [-0.4, -0.2) is 16.8 Å². The Bertz CT molecular complexity index is 557. The molecule has 0 fully saturated rings. The highest BCUT2D eigenvalue weighted by atomic mass is 16.5. The molecular weight excluding hydrogens is 220 g/mol. The number of rotatable bonds is 4. The first kappa shape index (κ1) is 11.6. The van der Waals surface area contributed by atoms with E-state index in [0.717, 1.165) is 0 Å². The van der Waals surface area contributed by atoms with Crippen LogP contribution < -0.4 is 5.56 Å². The smallest absolute Gasteiger partial charge is 0.253 e. The number of aryl methyl sites for hydroxylation is 1. The molecule has 90 valence electrons. The highest BCUT2D eigenvalue weighted by molar-refractivity contribution is 5.10. The Morgan fingerprint density at radius 2 is 2.35 bits per heavy atom. The number of nitrogens with zero attached hydrogens (tertiary/aromatic N) is 2. The lowest BCUT2D eigenvalue weighted by Gasteiger charge is -2.02. The average Bonchev–Trinajstić information content (AvgIpc) is 2.73. The number of hydrogen-bond donors (Lipinski definition) is 0. The standard InChI is InChI=1S/C12H14N2O3/c1-9-4-3-5-14(12(9)15)7-10-6-11(8-16-2)17-13-10/h3-6H,7-8H2,1-2H3. The van der Waals surface area contributed by atoms with Crippen LogP contribution in [0.5, 0.6) is 0 Å². The van der Waals surface area contributed by atoms with Crippen LogP contribution in [0.2, 0.25) is 0 Å². The fraction of sp³-hybridized carbons (Fsp3) is 0.333. The Morgan fingerprint density at radius 1 is 1.53 bits per heavy atom. The predicted molar refractivity (Wildman–Crippen MR) is 61.8 cm³/mol. The third-order valence-electron chi connectivity index (χ3n) is 2.44. The average molecular weight is 234 g/mol. The number of methoxy groups -OCH3 is 1. The zero-order valence-corrected chi connectivity index (χ0v) is 9.84. The topological polar surface area (TPSA) is 57.3 Å². The zero-order chi connectivity index (χ0) is 12.3. The summed E-state index contributed by atoms with van der Waals surface area (Å²) in [6, 6.07) is 5.42. The molecule has 2 heterocycles. The molecule has 17 heavy (non-hydrogen) atoms. The summed E-state index contributed by atoms with van der Waals surface area (Å²) in [6.45, 7) is 2.58. The summed E-state index contributed by atoms with van der Waals surface area (Å²) in [5, 5.41) is 3.89. The van der Waals surface area contributed by atoms with E-state index in [1.165, 1.54) is 0 Å². The largest absolute Gasteiger partial charge is 0.377 e. The van der Waals surface area contributed by atoms with Crippen LogP contribution in [0.4, 0.5) is 0 Å². The quantitative estimate of drug-likeness (QED) is 0.801. The summed E-state index contributed by atoms with van der Waals surface area (Å²) in [5.41, 5.74) is 1.42. The van der Waals surface area contributed by atoms with Crippen LogP contribution in [0.25, 0.3) is 0 Å². The molecule has 2 rings (SSSR count). The highest BCUT2D eigenvalue weighted by Gasteiger charge is 2.06.